The predicted octanol–water partition coefficient (Wildman–Crippen LogP) is 3.87. The first-order valence-electron chi connectivity index (χ1n) is 5.69. The molecule has 0 spiro atoms. The summed E-state index contributed by atoms with van der Waals surface area (Å²) in [7, 11) is 0. The summed E-state index contributed by atoms with van der Waals surface area (Å²) < 4.78 is 65.9. The lowest BCUT2D eigenvalue weighted by Crippen LogP contribution is -2.07. The molecule has 0 aromatic heterocycles. The quantitative estimate of drug-likeness (QED) is 0.690. The van der Waals surface area contributed by atoms with Crippen LogP contribution in [-0.2, 0) is 6.54 Å². The predicted molar refractivity (Wildman–Crippen MR) is 64.7 cm³/mol. The molecule has 0 amide bonds. The fourth-order valence-electron chi connectivity index (χ4n) is 1.69. The number of anilines is 1. The van der Waals surface area contributed by atoms with Crippen molar-refractivity contribution in [2.75, 3.05) is 5.32 Å². The van der Waals surface area contributed by atoms with Crippen LogP contribution in [0.5, 0.6) is 0 Å². The maximum atomic E-state index is 13.4. The van der Waals surface area contributed by atoms with Gasteiger partial charge in [0.2, 0.25) is 0 Å². The summed E-state index contributed by atoms with van der Waals surface area (Å²) in [6.07, 6.45) is 0. The van der Waals surface area contributed by atoms with Crippen LogP contribution in [0, 0.1) is 40.4 Å². The molecule has 7 heteroatoms. The number of nitriles is 1. The molecule has 0 saturated heterocycles. The van der Waals surface area contributed by atoms with Gasteiger partial charge in [-0.2, -0.15) is 5.26 Å². The van der Waals surface area contributed by atoms with Gasteiger partial charge in [0.1, 0.15) is 17.6 Å². The van der Waals surface area contributed by atoms with E-state index in [1.165, 1.54) is 6.07 Å². The lowest BCUT2D eigenvalue weighted by atomic mass is 10.1. The van der Waals surface area contributed by atoms with E-state index >= 15 is 0 Å². The fourth-order valence-corrected chi connectivity index (χ4v) is 1.69. The summed E-state index contributed by atoms with van der Waals surface area (Å²) in [6, 6.07) is 5.14. The Balaban J connectivity index is 2.27. The van der Waals surface area contributed by atoms with Crippen molar-refractivity contribution < 1.29 is 22.0 Å². The van der Waals surface area contributed by atoms with E-state index in [0.717, 1.165) is 12.1 Å². The molecule has 2 aromatic carbocycles. The van der Waals surface area contributed by atoms with Crippen molar-refractivity contribution in [1.29, 1.82) is 5.26 Å². The standard InChI is InChI=1S/C14H7F5N2/c15-9-2-1-7(3-8(9)5-20)6-21-14-12(18)10(16)4-11(17)13(14)19/h1-4,21H,6H2. The maximum Gasteiger partial charge on any atom is 0.185 e. The van der Waals surface area contributed by atoms with Gasteiger partial charge >= 0.3 is 0 Å². The van der Waals surface area contributed by atoms with Crippen molar-refractivity contribution >= 4 is 5.69 Å². The van der Waals surface area contributed by atoms with Crippen LogP contribution in [0.25, 0.3) is 0 Å². The van der Waals surface area contributed by atoms with Gasteiger partial charge in [-0.25, -0.2) is 22.0 Å². The first-order valence-corrected chi connectivity index (χ1v) is 5.69. The summed E-state index contributed by atoms with van der Waals surface area (Å²) in [5.41, 5.74) is -0.896. The van der Waals surface area contributed by atoms with Crippen molar-refractivity contribution in [2.24, 2.45) is 0 Å². The number of nitrogens with zero attached hydrogens (tertiary/aromatic N) is 1. The number of rotatable bonds is 3. The summed E-state index contributed by atoms with van der Waals surface area (Å²) >= 11 is 0. The zero-order valence-electron chi connectivity index (χ0n) is 10.4. The molecule has 0 aliphatic rings. The third-order valence-corrected chi connectivity index (χ3v) is 2.73. The highest BCUT2D eigenvalue weighted by molar-refractivity contribution is 5.48. The van der Waals surface area contributed by atoms with E-state index in [-0.39, 0.29) is 18.2 Å². The zero-order valence-corrected chi connectivity index (χ0v) is 10.4. The van der Waals surface area contributed by atoms with Gasteiger partial charge in [0.25, 0.3) is 0 Å². The Morgan fingerprint density at radius 2 is 1.52 bits per heavy atom. The smallest absolute Gasteiger partial charge is 0.185 e. The number of benzene rings is 2. The second kappa shape index (κ2) is 5.79. The second-order valence-electron chi connectivity index (χ2n) is 4.12. The molecule has 2 aromatic rings. The van der Waals surface area contributed by atoms with Crippen LogP contribution < -0.4 is 5.32 Å². The molecule has 0 aliphatic carbocycles. The summed E-state index contributed by atoms with van der Waals surface area (Å²) in [4.78, 5) is 0. The van der Waals surface area contributed by atoms with Crippen molar-refractivity contribution in [2.45, 2.75) is 6.54 Å². The van der Waals surface area contributed by atoms with E-state index in [1.54, 1.807) is 6.07 Å². The Kier molecular flexibility index (Phi) is 4.08. The second-order valence-corrected chi connectivity index (χ2v) is 4.12. The van der Waals surface area contributed by atoms with E-state index in [4.69, 9.17) is 5.26 Å². The van der Waals surface area contributed by atoms with Gasteiger partial charge in [-0.1, -0.05) is 6.07 Å². The highest BCUT2D eigenvalue weighted by Gasteiger charge is 2.18. The van der Waals surface area contributed by atoms with Crippen molar-refractivity contribution in [1.82, 2.24) is 0 Å². The minimum Gasteiger partial charge on any atom is -0.376 e. The Hall–Kier alpha value is -2.62. The molecule has 0 heterocycles. The molecule has 21 heavy (non-hydrogen) atoms. The fraction of sp³-hybridized carbons (Fsp3) is 0.0714. The van der Waals surface area contributed by atoms with Gasteiger partial charge in [0.15, 0.2) is 23.3 Å². The zero-order chi connectivity index (χ0) is 15.6. The van der Waals surface area contributed by atoms with E-state index < -0.39 is 34.8 Å². The summed E-state index contributed by atoms with van der Waals surface area (Å²) in [5.74, 6) is -6.93. The van der Waals surface area contributed by atoms with Crippen LogP contribution in [-0.4, -0.2) is 0 Å². The largest absolute Gasteiger partial charge is 0.376 e. The van der Waals surface area contributed by atoms with E-state index in [1.807, 2.05) is 0 Å². The first-order chi connectivity index (χ1) is 9.93. The third-order valence-electron chi connectivity index (χ3n) is 2.73. The van der Waals surface area contributed by atoms with Crippen LogP contribution >= 0.6 is 0 Å². The molecule has 108 valence electrons. The van der Waals surface area contributed by atoms with Crippen molar-refractivity contribution in [3.8, 4) is 6.07 Å². The Morgan fingerprint density at radius 1 is 0.905 bits per heavy atom. The first kappa shape index (κ1) is 14.8. The van der Waals surface area contributed by atoms with E-state index in [9.17, 15) is 22.0 Å². The highest BCUT2D eigenvalue weighted by atomic mass is 19.2. The van der Waals surface area contributed by atoms with Crippen molar-refractivity contribution in [3.05, 3.63) is 64.5 Å². The van der Waals surface area contributed by atoms with Crippen LogP contribution in [0.2, 0.25) is 0 Å². The normalized spacial score (nSPS) is 10.3. The molecule has 1 N–H and O–H groups in total. The molecule has 0 unspecified atom stereocenters. The Bertz CT molecular complexity index is 711. The number of hydrogen-bond acceptors (Lipinski definition) is 2. The molecule has 2 nitrogen and oxygen atoms in total. The lowest BCUT2D eigenvalue weighted by Gasteiger charge is -2.10. The van der Waals surface area contributed by atoms with Crippen LogP contribution in [0.15, 0.2) is 24.3 Å². The third kappa shape index (κ3) is 2.94. The van der Waals surface area contributed by atoms with Gasteiger partial charge in [-0.05, 0) is 17.7 Å². The number of hydrogen-bond donors (Lipinski definition) is 1. The lowest BCUT2D eigenvalue weighted by molar-refractivity contribution is 0.458. The topological polar surface area (TPSA) is 35.8 Å². The number of nitrogens with one attached hydrogen (secondary N) is 1. The SMILES string of the molecule is N#Cc1cc(CNc2c(F)c(F)cc(F)c2F)ccc1F. The molecule has 0 fully saturated rings. The Labute approximate surface area is 116 Å². The molecule has 0 bridgehead atoms. The van der Waals surface area contributed by atoms with E-state index in [0.29, 0.717) is 5.56 Å². The number of halogens is 5. The molecule has 0 radical (unpaired) electrons. The van der Waals surface area contributed by atoms with Crippen LogP contribution in [0.4, 0.5) is 27.6 Å². The van der Waals surface area contributed by atoms with Gasteiger partial charge in [-0.15, -0.1) is 0 Å². The summed E-state index contributed by atoms with van der Waals surface area (Å²) in [6.45, 7) is -0.244. The minimum absolute atomic E-state index is 0.0987. The summed E-state index contributed by atoms with van der Waals surface area (Å²) in [5, 5.41) is 10.8. The van der Waals surface area contributed by atoms with Crippen LogP contribution in [0.3, 0.4) is 0 Å². The van der Waals surface area contributed by atoms with Gasteiger partial charge in [0.05, 0.1) is 5.56 Å². The molecular weight excluding hydrogens is 291 g/mol. The molecular formula is C14H7F5N2. The van der Waals surface area contributed by atoms with Gasteiger partial charge in [-0.3, -0.25) is 0 Å². The monoisotopic (exact) mass is 298 g/mol. The van der Waals surface area contributed by atoms with Crippen molar-refractivity contribution in [3.63, 3.8) is 0 Å². The molecule has 0 saturated carbocycles. The molecule has 0 atom stereocenters. The molecule has 0 aliphatic heterocycles. The average molecular weight is 298 g/mol. The maximum absolute atomic E-state index is 13.4. The average Bonchev–Trinajstić information content (AvgIpc) is 2.46. The molecule has 2 rings (SSSR count). The minimum atomic E-state index is -1.56. The highest BCUT2D eigenvalue weighted by Crippen LogP contribution is 2.24. The van der Waals surface area contributed by atoms with Gasteiger partial charge in [0, 0.05) is 12.6 Å². The van der Waals surface area contributed by atoms with Crippen LogP contribution in [0.1, 0.15) is 11.1 Å². The van der Waals surface area contributed by atoms with Gasteiger partial charge < -0.3 is 5.32 Å². The Morgan fingerprint density at radius 3 is 2.10 bits per heavy atom. The van der Waals surface area contributed by atoms with E-state index in [2.05, 4.69) is 5.32 Å².